The first-order chi connectivity index (χ1) is 12.6. The summed E-state index contributed by atoms with van der Waals surface area (Å²) in [6, 6.07) is 15.0. The Bertz CT molecular complexity index is 730. The summed E-state index contributed by atoms with van der Waals surface area (Å²) >= 11 is 6.06. The Labute approximate surface area is 159 Å². The number of carboxylic acids is 1. The molecule has 1 N–H and O–H groups in total. The van der Waals surface area contributed by atoms with Crippen molar-refractivity contribution >= 4 is 17.6 Å². The number of rotatable bonds is 6. The molecule has 0 spiro atoms. The van der Waals surface area contributed by atoms with E-state index in [9.17, 15) is 9.90 Å². The summed E-state index contributed by atoms with van der Waals surface area (Å²) < 4.78 is 5.54. The van der Waals surface area contributed by atoms with E-state index in [1.54, 1.807) is 0 Å². The third-order valence-electron chi connectivity index (χ3n) is 4.85. The lowest BCUT2D eigenvalue weighted by Gasteiger charge is -2.39. The molecule has 26 heavy (non-hydrogen) atoms. The standard InChI is InChI=1S/C21H24ClNO3/c1-2-26-18-12-8-16(9-13-18)20(15-6-10-17(22)11-7-15)23-14-4-3-5-19(23)21(24)25/h6-13,19-20H,2-5,14H2,1H3,(H,24,25). The number of carboxylic acid groups (broad SMARTS) is 1. The second kappa shape index (κ2) is 8.56. The van der Waals surface area contributed by atoms with Crippen molar-refractivity contribution in [1.29, 1.82) is 0 Å². The smallest absolute Gasteiger partial charge is 0.320 e. The number of nitrogens with zero attached hydrogens (tertiary/aromatic N) is 1. The van der Waals surface area contributed by atoms with Gasteiger partial charge in [0.05, 0.1) is 12.6 Å². The van der Waals surface area contributed by atoms with Gasteiger partial charge in [-0.05, 0) is 61.7 Å². The molecule has 2 aromatic carbocycles. The number of piperidine rings is 1. The SMILES string of the molecule is CCOc1ccc(C(c2ccc(Cl)cc2)N2CCCCC2C(=O)O)cc1. The number of halogens is 1. The minimum Gasteiger partial charge on any atom is -0.494 e. The van der Waals surface area contributed by atoms with Gasteiger partial charge in [-0.1, -0.05) is 42.3 Å². The molecule has 138 valence electrons. The van der Waals surface area contributed by atoms with Crippen molar-refractivity contribution in [3.8, 4) is 5.75 Å². The molecular weight excluding hydrogens is 350 g/mol. The zero-order chi connectivity index (χ0) is 18.5. The highest BCUT2D eigenvalue weighted by Crippen LogP contribution is 2.35. The van der Waals surface area contributed by atoms with Crippen LogP contribution in [0.4, 0.5) is 0 Å². The maximum Gasteiger partial charge on any atom is 0.320 e. The average Bonchev–Trinajstić information content (AvgIpc) is 2.65. The molecule has 0 saturated carbocycles. The Morgan fingerprint density at radius 2 is 1.77 bits per heavy atom. The van der Waals surface area contributed by atoms with E-state index < -0.39 is 12.0 Å². The summed E-state index contributed by atoms with van der Waals surface area (Å²) in [4.78, 5) is 13.9. The highest BCUT2D eigenvalue weighted by molar-refractivity contribution is 6.30. The molecule has 0 aliphatic carbocycles. The summed E-state index contributed by atoms with van der Waals surface area (Å²) in [6.45, 7) is 3.33. The second-order valence-corrected chi connectivity index (χ2v) is 6.98. The molecule has 1 aliphatic rings. The Morgan fingerprint density at radius 1 is 1.15 bits per heavy atom. The van der Waals surface area contributed by atoms with Crippen molar-refractivity contribution in [2.24, 2.45) is 0 Å². The Balaban J connectivity index is 2.00. The minimum absolute atomic E-state index is 0.121. The number of hydrogen-bond donors (Lipinski definition) is 1. The van der Waals surface area contributed by atoms with Crippen molar-refractivity contribution in [3.05, 3.63) is 64.7 Å². The number of likely N-dealkylation sites (tertiary alicyclic amines) is 1. The van der Waals surface area contributed by atoms with Crippen LogP contribution in [0.3, 0.4) is 0 Å². The van der Waals surface area contributed by atoms with Crippen LogP contribution >= 0.6 is 11.6 Å². The van der Waals surface area contributed by atoms with Crippen LogP contribution in [0.25, 0.3) is 0 Å². The maximum atomic E-state index is 11.8. The molecule has 0 amide bonds. The number of hydrogen-bond acceptors (Lipinski definition) is 3. The van der Waals surface area contributed by atoms with Crippen LogP contribution < -0.4 is 4.74 Å². The molecule has 0 aromatic heterocycles. The molecule has 2 aromatic rings. The van der Waals surface area contributed by atoms with Crippen LogP contribution in [0, 0.1) is 0 Å². The van der Waals surface area contributed by atoms with Crippen LogP contribution in [-0.2, 0) is 4.79 Å². The van der Waals surface area contributed by atoms with Gasteiger partial charge in [0, 0.05) is 5.02 Å². The fourth-order valence-corrected chi connectivity index (χ4v) is 3.79. The number of carbonyl (C=O) groups is 1. The lowest BCUT2D eigenvalue weighted by molar-refractivity contribution is -0.145. The van der Waals surface area contributed by atoms with Gasteiger partial charge in [0.2, 0.25) is 0 Å². The summed E-state index contributed by atoms with van der Waals surface area (Å²) in [6.07, 6.45) is 2.63. The molecule has 3 rings (SSSR count). The van der Waals surface area contributed by atoms with Gasteiger partial charge in [0.15, 0.2) is 0 Å². The molecule has 0 radical (unpaired) electrons. The van der Waals surface area contributed by atoms with E-state index in [0.717, 1.165) is 36.3 Å². The van der Waals surface area contributed by atoms with Crippen molar-refractivity contribution in [2.45, 2.75) is 38.3 Å². The minimum atomic E-state index is -0.755. The van der Waals surface area contributed by atoms with Gasteiger partial charge in [0.1, 0.15) is 11.8 Å². The maximum absolute atomic E-state index is 11.8. The molecule has 2 atom stereocenters. The largest absolute Gasteiger partial charge is 0.494 e. The van der Waals surface area contributed by atoms with E-state index in [1.807, 2.05) is 55.5 Å². The fourth-order valence-electron chi connectivity index (χ4n) is 3.66. The quantitative estimate of drug-likeness (QED) is 0.792. The molecule has 5 heteroatoms. The highest BCUT2D eigenvalue weighted by Gasteiger charge is 2.35. The summed E-state index contributed by atoms with van der Waals surface area (Å²) in [7, 11) is 0. The van der Waals surface area contributed by atoms with E-state index >= 15 is 0 Å². The first-order valence-corrected chi connectivity index (χ1v) is 9.44. The highest BCUT2D eigenvalue weighted by atomic mass is 35.5. The molecule has 1 aliphatic heterocycles. The van der Waals surface area contributed by atoms with Gasteiger partial charge >= 0.3 is 5.97 Å². The van der Waals surface area contributed by atoms with Gasteiger partial charge in [-0.3, -0.25) is 9.69 Å². The van der Waals surface area contributed by atoms with Gasteiger partial charge in [-0.15, -0.1) is 0 Å². The van der Waals surface area contributed by atoms with Crippen molar-refractivity contribution in [3.63, 3.8) is 0 Å². The zero-order valence-electron chi connectivity index (χ0n) is 14.9. The molecule has 1 heterocycles. The van der Waals surface area contributed by atoms with E-state index in [-0.39, 0.29) is 6.04 Å². The Hall–Kier alpha value is -2.04. The van der Waals surface area contributed by atoms with Crippen molar-refractivity contribution < 1.29 is 14.6 Å². The van der Waals surface area contributed by atoms with Crippen LogP contribution in [-0.4, -0.2) is 35.2 Å². The summed E-state index contributed by atoms with van der Waals surface area (Å²) in [5.41, 5.74) is 2.11. The number of ether oxygens (including phenoxy) is 1. The van der Waals surface area contributed by atoms with Crippen molar-refractivity contribution in [2.75, 3.05) is 13.2 Å². The first-order valence-electron chi connectivity index (χ1n) is 9.07. The van der Waals surface area contributed by atoms with Gasteiger partial charge < -0.3 is 9.84 Å². The topological polar surface area (TPSA) is 49.8 Å². The Kier molecular flexibility index (Phi) is 6.17. The molecule has 4 nitrogen and oxygen atoms in total. The third kappa shape index (κ3) is 4.19. The van der Waals surface area contributed by atoms with Crippen LogP contribution in [0.1, 0.15) is 43.4 Å². The fraction of sp³-hybridized carbons (Fsp3) is 0.381. The van der Waals surface area contributed by atoms with E-state index in [2.05, 4.69) is 4.90 Å². The lowest BCUT2D eigenvalue weighted by Crippen LogP contribution is -2.46. The molecular formula is C21H24ClNO3. The van der Waals surface area contributed by atoms with Crippen molar-refractivity contribution in [1.82, 2.24) is 4.90 Å². The predicted molar refractivity (Wildman–Crippen MR) is 103 cm³/mol. The second-order valence-electron chi connectivity index (χ2n) is 6.54. The molecule has 1 saturated heterocycles. The average molecular weight is 374 g/mol. The normalized spacial score (nSPS) is 19.1. The molecule has 1 fully saturated rings. The van der Waals surface area contributed by atoms with Crippen LogP contribution in [0.2, 0.25) is 5.02 Å². The summed E-state index contributed by atoms with van der Waals surface area (Å²) in [5, 5.41) is 10.4. The molecule has 2 unspecified atom stereocenters. The summed E-state index contributed by atoms with van der Waals surface area (Å²) in [5.74, 6) is 0.0640. The van der Waals surface area contributed by atoms with Gasteiger partial charge in [-0.2, -0.15) is 0 Å². The predicted octanol–water partition coefficient (Wildman–Crippen LogP) is 4.77. The lowest BCUT2D eigenvalue weighted by atomic mass is 9.91. The van der Waals surface area contributed by atoms with Crippen LogP contribution in [0.5, 0.6) is 5.75 Å². The zero-order valence-corrected chi connectivity index (χ0v) is 15.7. The number of aliphatic carboxylic acids is 1. The van der Waals surface area contributed by atoms with Crippen LogP contribution in [0.15, 0.2) is 48.5 Å². The van der Waals surface area contributed by atoms with Gasteiger partial charge in [0.25, 0.3) is 0 Å². The first kappa shape index (κ1) is 18.7. The van der Waals surface area contributed by atoms with E-state index in [0.29, 0.717) is 18.1 Å². The van der Waals surface area contributed by atoms with E-state index in [4.69, 9.17) is 16.3 Å². The van der Waals surface area contributed by atoms with Gasteiger partial charge in [-0.25, -0.2) is 0 Å². The monoisotopic (exact) mass is 373 g/mol. The molecule has 0 bridgehead atoms. The number of benzene rings is 2. The Morgan fingerprint density at radius 3 is 2.35 bits per heavy atom. The third-order valence-corrected chi connectivity index (χ3v) is 5.11. The van der Waals surface area contributed by atoms with E-state index in [1.165, 1.54) is 0 Å².